The molecule has 28 nitrogen and oxygen atoms in total. The van der Waals surface area contributed by atoms with Crippen molar-refractivity contribution in [3.05, 3.63) is 29.8 Å². The van der Waals surface area contributed by atoms with E-state index in [1.807, 2.05) is 13.8 Å². The number of nitrogens with one attached hydrogen (secondary N) is 4. The van der Waals surface area contributed by atoms with E-state index < -0.39 is 174 Å². The highest BCUT2D eigenvalue weighted by atomic mass is 33.1. The van der Waals surface area contributed by atoms with E-state index in [4.69, 9.17) is 23.7 Å². The number of rotatable bonds is 24. The zero-order chi connectivity index (χ0) is 71.3. The highest BCUT2D eigenvalue weighted by Crippen LogP contribution is 2.28. The number of hydrogen-bond acceptors (Lipinski definition) is 21. The summed E-state index contributed by atoms with van der Waals surface area (Å²) in [6.07, 6.45) is -6.92. The summed E-state index contributed by atoms with van der Waals surface area (Å²) in [5.74, 6) is -12.5. The smallest absolute Gasteiger partial charge is 0.497 e. The number of cyclic esters (lactones) is 2. The number of carbonyl (C=O) groups excluding carboxylic acids is 12. The van der Waals surface area contributed by atoms with Crippen molar-refractivity contribution in [3.8, 4) is 5.75 Å². The van der Waals surface area contributed by atoms with Crippen LogP contribution in [0.15, 0.2) is 24.3 Å². The van der Waals surface area contributed by atoms with E-state index in [1.165, 1.54) is 69.5 Å². The lowest BCUT2D eigenvalue weighted by atomic mass is 9.91. The van der Waals surface area contributed by atoms with Crippen LogP contribution < -0.4 is 26.0 Å². The predicted molar refractivity (Wildman–Crippen MR) is 351 cm³/mol. The van der Waals surface area contributed by atoms with E-state index in [9.17, 15) is 53.4 Å². The molecule has 3 fully saturated rings. The number of ketones is 1. The first-order valence-corrected chi connectivity index (χ1v) is 35.0. The Bertz CT molecular complexity index is 2860. The molecular weight excluding hydrogens is 1280 g/mol. The summed E-state index contributed by atoms with van der Waals surface area (Å²) in [6.45, 7) is 19.0. The summed E-state index contributed by atoms with van der Waals surface area (Å²) in [6, 6.07) is -3.91. The molecule has 0 unspecified atom stereocenters. The van der Waals surface area contributed by atoms with Gasteiger partial charge >= 0.3 is 24.1 Å². The molecular formula is C65H100N8O20S2. The Balaban J connectivity index is 1.75. The van der Waals surface area contributed by atoms with Crippen LogP contribution in [0.2, 0.25) is 0 Å². The number of likely N-dealkylation sites (tertiary alicyclic amines) is 1. The number of benzene rings is 1. The summed E-state index contributed by atoms with van der Waals surface area (Å²) in [5, 5.41) is 31.8. The number of methoxy groups -OCH3 is 1. The molecule has 1 aromatic carbocycles. The second-order valence-corrected chi connectivity index (χ2v) is 28.5. The summed E-state index contributed by atoms with van der Waals surface area (Å²) in [7, 11) is 6.51. The Morgan fingerprint density at radius 3 is 2.09 bits per heavy atom. The lowest BCUT2D eigenvalue weighted by molar-refractivity contribution is -0.163. The first-order valence-electron chi connectivity index (χ1n) is 32.5. The number of esters is 2. The van der Waals surface area contributed by atoms with Crippen molar-refractivity contribution in [2.75, 3.05) is 52.4 Å². The molecule has 0 spiro atoms. The van der Waals surface area contributed by atoms with E-state index in [-0.39, 0.29) is 75.1 Å². The van der Waals surface area contributed by atoms with Gasteiger partial charge in [0.25, 0.3) is 5.91 Å². The molecule has 0 saturated carbocycles. The highest BCUT2D eigenvalue weighted by Gasteiger charge is 2.46. The zero-order valence-electron chi connectivity index (χ0n) is 57.4. The summed E-state index contributed by atoms with van der Waals surface area (Å²) in [5.41, 5.74) is 0.539. The molecule has 14 atom stereocenters. The number of ether oxygens (including phenoxy) is 5. The number of carboxylic acids is 1. The van der Waals surface area contributed by atoms with Gasteiger partial charge in [0.2, 0.25) is 41.4 Å². The molecule has 6 N–H and O–H groups in total. The number of aliphatic hydroxyl groups excluding tert-OH is 1. The monoisotopic (exact) mass is 1380 g/mol. The molecule has 3 aliphatic rings. The quantitative estimate of drug-likeness (QED) is 0.0284. The van der Waals surface area contributed by atoms with Crippen molar-refractivity contribution in [1.29, 1.82) is 0 Å². The average molecular weight is 1380 g/mol. The Labute approximate surface area is 564 Å². The molecule has 95 heavy (non-hydrogen) atoms. The van der Waals surface area contributed by atoms with Crippen LogP contribution in [0.1, 0.15) is 140 Å². The van der Waals surface area contributed by atoms with Crippen molar-refractivity contribution in [1.82, 2.24) is 40.9 Å². The van der Waals surface area contributed by atoms with Crippen molar-refractivity contribution < 1.29 is 96.2 Å². The number of Topliss-reactive ketones (excluding diaryl/α,β-unsaturated/α-hetero) is 1. The van der Waals surface area contributed by atoms with Crippen LogP contribution in [0.5, 0.6) is 5.75 Å². The number of hydrogen-bond donors (Lipinski definition) is 6. The third-order valence-electron chi connectivity index (χ3n) is 17.1. The van der Waals surface area contributed by atoms with Gasteiger partial charge in [-0.25, -0.2) is 14.4 Å². The number of carbonyl (C=O) groups is 13. The molecule has 0 bridgehead atoms. The van der Waals surface area contributed by atoms with Crippen molar-refractivity contribution in [2.45, 2.75) is 214 Å². The van der Waals surface area contributed by atoms with Crippen LogP contribution in [0.25, 0.3) is 0 Å². The Kier molecular flexibility index (Phi) is 32.0. The second-order valence-electron chi connectivity index (χ2n) is 25.8. The first-order chi connectivity index (χ1) is 44.6. The molecule has 0 aliphatic carbocycles. The fourth-order valence-corrected chi connectivity index (χ4v) is 13.5. The average Bonchev–Trinajstić information content (AvgIpc) is 1.78. The van der Waals surface area contributed by atoms with E-state index in [0.29, 0.717) is 30.6 Å². The van der Waals surface area contributed by atoms with Crippen molar-refractivity contribution in [2.24, 2.45) is 29.6 Å². The fraction of sp³-hybridized carbons (Fsp3) is 0.708. The van der Waals surface area contributed by atoms with Gasteiger partial charge in [-0.05, 0) is 101 Å². The number of nitrogens with zero attached hydrogens (tertiary/aromatic N) is 4. The van der Waals surface area contributed by atoms with Crippen LogP contribution in [0, 0.1) is 29.6 Å². The van der Waals surface area contributed by atoms with Crippen LogP contribution in [-0.4, -0.2) is 232 Å². The number of carboxylic acid groups (broad SMARTS) is 1. The molecule has 3 saturated heterocycles. The molecule has 30 heteroatoms. The summed E-state index contributed by atoms with van der Waals surface area (Å²) >= 11 is 0. The van der Waals surface area contributed by atoms with Gasteiger partial charge in [-0.15, -0.1) is 0 Å². The number of likely N-dealkylation sites (N-methyl/N-ethyl adjacent to an activating group) is 2. The van der Waals surface area contributed by atoms with Crippen molar-refractivity contribution in [3.63, 3.8) is 0 Å². The minimum atomic E-state index is -1.84. The summed E-state index contributed by atoms with van der Waals surface area (Å²) in [4.78, 5) is 187. The Morgan fingerprint density at radius 2 is 1.51 bits per heavy atom. The van der Waals surface area contributed by atoms with E-state index in [0.717, 1.165) is 20.6 Å². The maximum atomic E-state index is 15.2. The van der Waals surface area contributed by atoms with Gasteiger partial charge in [0, 0.05) is 52.0 Å². The van der Waals surface area contributed by atoms with Gasteiger partial charge in [-0.2, -0.15) is 0 Å². The molecule has 4 rings (SSSR count). The topological polar surface area (TPSA) is 370 Å². The SMILES string of the molecule is CC[C@H](C)[C@H]1NC(=O)[C@@H](NC(=O)[C@@H](CC(C)C)N(C)C(=O)[C@@H]2CCCN2C(=O)[C@H](C)OC(=O)OCCSSC[C@H](NC(C)=O)C(=O)O)[C@@H](C)OC(=O)[C@H](Cc2ccc(OC)cc2)N(C)C(=O)[C@@H]2CCCN2C(=O)[C@H](CC(C)C)NC(=O)[C@@H](C)C(=O)[C@H](C(C)C)OC(=O)C[C@@H]1O. The van der Waals surface area contributed by atoms with Crippen LogP contribution >= 0.6 is 21.6 Å². The van der Waals surface area contributed by atoms with E-state index >= 15 is 19.2 Å². The molecule has 0 aromatic heterocycles. The normalized spacial score (nSPS) is 25.1. The molecule has 3 aliphatic heterocycles. The highest BCUT2D eigenvalue weighted by molar-refractivity contribution is 8.76. The maximum absolute atomic E-state index is 15.2. The fourth-order valence-electron chi connectivity index (χ4n) is 11.5. The minimum Gasteiger partial charge on any atom is -0.497 e. The van der Waals surface area contributed by atoms with Crippen molar-refractivity contribution >= 4 is 98.7 Å². The minimum absolute atomic E-state index is 0.0101. The van der Waals surface area contributed by atoms with Crippen LogP contribution in [0.4, 0.5) is 4.79 Å². The van der Waals surface area contributed by atoms with Gasteiger partial charge in [0.15, 0.2) is 18.0 Å². The summed E-state index contributed by atoms with van der Waals surface area (Å²) < 4.78 is 27.7. The molecule has 1 aromatic rings. The second kappa shape index (κ2) is 37.9. The number of fused-ring (bicyclic) bond motifs is 1. The van der Waals surface area contributed by atoms with E-state index in [2.05, 4.69) is 21.3 Å². The van der Waals surface area contributed by atoms with Gasteiger partial charge in [0.05, 0.1) is 31.6 Å². The largest absolute Gasteiger partial charge is 0.509 e. The standard InChI is InChI=1S/C65H100N8O20S2/c1-16-37(8)52-50(75)32-51(76)93-55(36(6)7)54(77)38(9)56(78)67-44(29-34(2)3)60(82)73-26-18-20-47(73)62(84)71(14)49(31-42-21-23-43(89-15)24-22-42)64(87)91-39(10)53(58(80)68-52)69-57(79)48(30-35(4)5)70(13)61(83)46-19-17-25-72(46)59(81)40(11)92-65(88)90-27-28-94-95-33-45(63(85)86)66-41(12)74/h21-24,34-40,44-50,52-53,55,75H,16-20,25-33H2,1-15H3,(H,66,74)(H,67,78)(H,68,80)(H,69,79)(H,85,86)/t37-,38-,39+,40-,44-,45-,46-,47-,48+,49-,50-,52+,53-,55-/m0/s1. The van der Waals surface area contributed by atoms with Crippen LogP contribution in [0.3, 0.4) is 0 Å². The molecule has 0 radical (unpaired) electrons. The van der Waals surface area contributed by atoms with Gasteiger partial charge in [-0.3, -0.25) is 47.9 Å². The zero-order valence-corrected chi connectivity index (χ0v) is 59.0. The van der Waals surface area contributed by atoms with Gasteiger partial charge in [0.1, 0.15) is 60.8 Å². The third kappa shape index (κ3) is 23.3. The predicted octanol–water partition coefficient (Wildman–Crippen LogP) is 3.45. The Hall–Kier alpha value is -7.21. The Morgan fingerprint density at radius 1 is 0.853 bits per heavy atom. The van der Waals surface area contributed by atoms with E-state index in [1.54, 1.807) is 65.8 Å². The molecule has 8 amide bonds. The molecule has 3 heterocycles. The van der Waals surface area contributed by atoms with Crippen LogP contribution in [-0.2, 0) is 82.9 Å². The number of aliphatic carboxylic acids is 1. The number of amides is 8. The molecule has 532 valence electrons. The lowest BCUT2D eigenvalue weighted by Gasteiger charge is -2.36. The van der Waals surface area contributed by atoms with Gasteiger partial charge in [-0.1, -0.05) is 95.5 Å². The third-order valence-corrected chi connectivity index (χ3v) is 19.5. The number of aliphatic hydroxyl groups is 1. The van der Waals surface area contributed by atoms with Gasteiger partial charge < -0.3 is 74.8 Å². The maximum Gasteiger partial charge on any atom is 0.509 e. The lowest BCUT2D eigenvalue weighted by Crippen LogP contribution is -2.62. The first kappa shape index (κ1) is 80.2.